The number of amides is 1. The zero-order valence-electron chi connectivity index (χ0n) is 19.7. The van der Waals surface area contributed by atoms with Crippen LogP contribution in [-0.4, -0.2) is 60.9 Å². The lowest BCUT2D eigenvalue weighted by Gasteiger charge is -2.15. The zero-order valence-corrected chi connectivity index (χ0v) is 19.7. The van der Waals surface area contributed by atoms with Crippen molar-refractivity contribution >= 4 is 24.2 Å². The number of methoxy groups -OCH3 is 5. The number of nitrogens with one attached hydrogen (secondary N) is 1. The molecule has 0 saturated carbocycles. The molecule has 0 saturated heterocycles. The van der Waals surface area contributed by atoms with Crippen LogP contribution in [-0.2, 0) is 15.9 Å². The van der Waals surface area contributed by atoms with E-state index in [9.17, 15) is 9.59 Å². The molecule has 0 aromatic heterocycles. The Hall–Kier alpha value is -4.08. The van der Waals surface area contributed by atoms with Gasteiger partial charge < -0.3 is 38.5 Å². The van der Waals surface area contributed by atoms with Gasteiger partial charge in [-0.25, -0.2) is 9.59 Å². The van der Waals surface area contributed by atoms with Crippen LogP contribution < -0.4 is 29.0 Å². The molecule has 1 aliphatic heterocycles. The average molecular weight is 473 g/mol. The van der Waals surface area contributed by atoms with Crippen molar-refractivity contribution in [2.45, 2.75) is 6.42 Å². The standard InChI is InChI=1S/C24H27NO9/c1-28-17-9-7-14(19(21(17)30-3)23(26)31-4)6-8-16-15(10-11-25-24(27)32-5)12-18-22(20(16)29-2)34-13-33-18/h6-9,12H,10-11,13H2,1-5H3,(H,25,27)/b8-6+. The SMILES string of the molecule is COC(=O)NCCc1cc2c(c(OC)c1/C=C/c1ccc(OC)c(OC)c1C(=O)OC)OCO2. The lowest BCUT2D eigenvalue weighted by atomic mass is 9.99. The first-order valence-corrected chi connectivity index (χ1v) is 10.3. The van der Waals surface area contributed by atoms with Gasteiger partial charge in [0.15, 0.2) is 23.0 Å². The van der Waals surface area contributed by atoms with E-state index >= 15 is 0 Å². The second-order valence-electron chi connectivity index (χ2n) is 6.97. The molecule has 2 aromatic carbocycles. The molecule has 1 aliphatic rings. The molecule has 0 aliphatic carbocycles. The Morgan fingerprint density at radius 2 is 1.74 bits per heavy atom. The van der Waals surface area contributed by atoms with E-state index in [1.165, 1.54) is 35.5 Å². The maximum absolute atomic E-state index is 12.6. The summed E-state index contributed by atoms with van der Waals surface area (Å²) in [7, 11) is 7.06. The normalized spacial score (nSPS) is 11.8. The average Bonchev–Trinajstić information content (AvgIpc) is 3.33. The van der Waals surface area contributed by atoms with E-state index in [2.05, 4.69) is 10.1 Å². The Bertz CT molecular complexity index is 1090. The van der Waals surface area contributed by atoms with Crippen LogP contribution in [0.25, 0.3) is 12.2 Å². The Morgan fingerprint density at radius 3 is 2.38 bits per heavy atom. The van der Waals surface area contributed by atoms with E-state index in [1.807, 2.05) is 6.07 Å². The number of carbonyl (C=O) groups excluding carboxylic acids is 2. The lowest BCUT2D eigenvalue weighted by molar-refractivity contribution is 0.0596. The van der Waals surface area contributed by atoms with Gasteiger partial charge in [0, 0.05) is 12.1 Å². The number of hydrogen-bond donors (Lipinski definition) is 1. The topological polar surface area (TPSA) is 111 Å². The fourth-order valence-corrected chi connectivity index (χ4v) is 3.61. The minimum absolute atomic E-state index is 0.0703. The maximum Gasteiger partial charge on any atom is 0.406 e. The molecule has 34 heavy (non-hydrogen) atoms. The summed E-state index contributed by atoms with van der Waals surface area (Å²) in [4.78, 5) is 24.0. The van der Waals surface area contributed by atoms with Crippen LogP contribution in [0.15, 0.2) is 18.2 Å². The minimum Gasteiger partial charge on any atom is -0.493 e. The summed E-state index contributed by atoms with van der Waals surface area (Å²) in [5, 5.41) is 2.66. The number of carbonyl (C=O) groups is 2. The smallest absolute Gasteiger partial charge is 0.406 e. The molecule has 0 fully saturated rings. The Kier molecular flexibility index (Phi) is 8.07. The fourth-order valence-electron chi connectivity index (χ4n) is 3.61. The van der Waals surface area contributed by atoms with Gasteiger partial charge in [0.25, 0.3) is 0 Å². The summed E-state index contributed by atoms with van der Waals surface area (Å²) in [5.41, 5.74) is 2.29. The van der Waals surface area contributed by atoms with Crippen LogP contribution in [0.1, 0.15) is 27.0 Å². The number of fused-ring (bicyclic) bond motifs is 1. The van der Waals surface area contributed by atoms with Crippen LogP contribution in [0.3, 0.4) is 0 Å². The van der Waals surface area contributed by atoms with Gasteiger partial charge in [0.05, 0.1) is 35.5 Å². The summed E-state index contributed by atoms with van der Waals surface area (Å²) in [6.07, 6.45) is 3.46. The predicted molar refractivity (Wildman–Crippen MR) is 123 cm³/mol. The highest BCUT2D eigenvalue weighted by atomic mass is 16.7. The summed E-state index contributed by atoms with van der Waals surface area (Å²) < 4.78 is 37.1. The number of hydrogen-bond acceptors (Lipinski definition) is 9. The third-order valence-corrected chi connectivity index (χ3v) is 5.19. The van der Waals surface area contributed by atoms with Crippen molar-refractivity contribution in [2.75, 3.05) is 48.9 Å². The molecule has 10 nitrogen and oxygen atoms in total. The van der Waals surface area contributed by atoms with E-state index in [0.29, 0.717) is 47.1 Å². The van der Waals surface area contributed by atoms with Crippen molar-refractivity contribution < 1.29 is 42.7 Å². The van der Waals surface area contributed by atoms with Crippen molar-refractivity contribution in [2.24, 2.45) is 0 Å². The number of esters is 1. The van der Waals surface area contributed by atoms with Gasteiger partial charge in [-0.2, -0.15) is 0 Å². The number of alkyl carbamates (subject to hydrolysis) is 1. The second kappa shape index (κ2) is 11.2. The van der Waals surface area contributed by atoms with E-state index in [-0.39, 0.29) is 18.1 Å². The van der Waals surface area contributed by atoms with Gasteiger partial charge in [-0.1, -0.05) is 18.2 Å². The molecule has 182 valence electrons. The van der Waals surface area contributed by atoms with Gasteiger partial charge in [-0.15, -0.1) is 0 Å². The predicted octanol–water partition coefficient (Wildman–Crippen LogP) is 3.30. The first-order chi connectivity index (χ1) is 16.5. The highest BCUT2D eigenvalue weighted by Crippen LogP contribution is 2.46. The van der Waals surface area contributed by atoms with E-state index in [0.717, 1.165) is 5.56 Å². The molecular formula is C24H27NO9. The second-order valence-corrected chi connectivity index (χ2v) is 6.97. The minimum atomic E-state index is -0.574. The van der Waals surface area contributed by atoms with Gasteiger partial charge in [0.2, 0.25) is 12.5 Å². The van der Waals surface area contributed by atoms with Crippen molar-refractivity contribution in [3.8, 4) is 28.7 Å². The summed E-state index contributed by atoms with van der Waals surface area (Å²) in [5.74, 6) is 1.58. The molecule has 1 N–H and O–H groups in total. The number of ether oxygens (including phenoxy) is 7. The van der Waals surface area contributed by atoms with Crippen LogP contribution in [0.5, 0.6) is 28.7 Å². The van der Waals surface area contributed by atoms with Gasteiger partial charge in [-0.05, 0) is 29.7 Å². The van der Waals surface area contributed by atoms with Gasteiger partial charge >= 0.3 is 12.1 Å². The lowest BCUT2D eigenvalue weighted by Crippen LogP contribution is -2.25. The first-order valence-electron chi connectivity index (χ1n) is 10.3. The molecule has 0 unspecified atom stereocenters. The van der Waals surface area contributed by atoms with Crippen LogP contribution in [0, 0.1) is 0 Å². The number of benzene rings is 2. The summed E-state index contributed by atoms with van der Waals surface area (Å²) in [6.45, 7) is 0.390. The van der Waals surface area contributed by atoms with Crippen LogP contribution in [0.2, 0.25) is 0 Å². The molecule has 1 amide bonds. The van der Waals surface area contributed by atoms with Gasteiger partial charge in [0.1, 0.15) is 5.56 Å². The van der Waals surface area contributed by atoms with Crippen LogP contribution in [0.4, 0.5) is 4.79 Å². The molecular weight excluding hydrogens is 446 g/mol. The van der Waals surface area contributed by atoms with E-state index in [1.54, 1.807) is 24.3 Å². The van der Waals surface area contributed by atoms with Crippen molar-refractivity contribution in [3.05, 3.63) is 40.5 Å². The molecule has 1 heterocycles. The molecule has 3 rings (SSSR count). The quantitative estimate of drug-likeness (QED) is 0.433. The third-order valence-electron chi connectivity index (χ3n) is 5.19. The maximum atomic E-state index is 12.6. The summed E-state index contributed by atoms with van der Waals surface area (Å²) >= 11 is 0. The Morgan fingerprint density at radius 1 is 0.971 bits per heavy atom. The Balaban J connectivity index is 2.08. The molecule has 0 spiro atoms. The largest absolute Gasteiger partial charge is 0.493 e. The van der Waals surface area contributed by atoms with Crippen LogP contribution >= 0.6 is 0 Å². The Labute approximate surface area is 197 Å². The molecule has 0 atom stereocenters. The molecule has 2 aromatic rings. The van der Waals surface area contributed by atoms with Gasteiger partial charge in [-0.3, -0.25) is 0 Å². The summed E-state index contributed by atoms with van der Waals surface area (Å²) in [6, 6.07) is 5.25. The highest BCUT2D eigenvalue weighted by Gasteiger charge is 2.25. The monoisotopic (exact) mass is 473 g/mol. The molecule has 0 bridgehead atoms. The van der Waals surface area contributed by atoms with Crippen molar-refractivity contribution in [1.29, 1.82) is 0 Å². The molecule has 10 heteroatoms. The first kappa shape index (κ1) is 24.6. The van der Waals surface area contributed by atoms with Crippen molar-refractivity contribution in [1.82, 2.24) is 5.32 Å². The van der Waals surface area contributed by atoms with E-state index < -0.39 is 12.1 Å². The van der Waals surface area contributed by atoms with Crippen molar-refractivity contribution in [3.63, 3.8) is 0 Å². The highest BCUT2D eigenvalue weighted by molar-refractivity contribution is 5.99. The molecule has 0 radical (unpaired) electrons. The third kappa shape index (κ3) is 4.95. The van der Waals surface area contributed by atoms with E-state index in [4.69, 9.17) is 28.4 Å². The number of rotatable bonds is 9. The fraction of sp³-hybridized carbons (Fsp3) is 0.333. The zero-order chi connectivity index (χ0) is 24.7.